The first-order valence-electron chi connectivity index (χ1n) is 6.87. The molecule has 6 heteroatoms. The fourth-order valence-corrected chi connectivity index (χ4v) is 2.61. The lowest BCUT2D eigenvalue weighted by Crippen LogP contribution is -2.27. The molecule has 0 amide bonds. The van der Waals surface area contributed by atoms with Gasteiger partial charge in [-0.2, -0.15) is 0 Å². The van der Waals surface area contributed by atoms with Crippen LogP contribution in [0.5, 0.6) is 0 Å². The Bertz CT molecular complexity index is 698. The molecule has 0 saturated heterocycles. The zero-order chi connectivity index (χ0) is 14.8. The van der Waals surface area contributed by atoms with Gasteiger partial charge in [0.25, 0.3) is 0 Å². The van der Waals surface area contributed by atoms with Gasteiger partial charge in [0.05, 0.1) is 0 Å². The third-order valence-electron chi connectivity index (χ3n) is 3.61. The van der Waals surface area contributed by atoms with Crippen molar-refractivity contribution in [3.05, 3.63) is 47.3 Å². The Hall–Kier alpha value is -2.63. The van der Waals surface area contributed by atoms with Crippen LogP contribution in [0.25, 0.3) is 0 Å². The third-order valence-corrected chi connectivity index (χ3v) is 3.61. The van der Waals surface area contributed by atoms with E-state index in [-0.39, 0.29) is 5.84 Å². The van der Waals surface area contributed by atoms with E-state index in [4.69, 9.17) is 10.9 Å². The number of hydrogen-bond acceptors (Lipinski definition) is 5. The van der Waals surface area contributed by atoms with E-state index in [1.165, 1.54) is 11.1 Å². The van der Waals surface area contributed by atoms with Crippen molar-refractivity contribution in [3.8, 4) is 0 Å². The summed E-state index contributed by atoms with van der Waals surface area (Å²) in [6.45, 7) is 2.95. The molecule has 108 valence electrons. The molecule has 1 aliphatic heterocycles. The fraction of sp³-hybridized carbons (Fsp3) is 0.267. The van der Waals surface area contributed by atoms with Crippen LogP contribution in [0, 0.1) is 6.92 Å². The smallest absolute Gasteiger partial charge is 0.230 e. The van der Waals surface area contributed by atoms with E-state index in [2.05, 4.69) is 45.1 Å². The van der Waals surface area contributed by atoms with Gasteiger partial charge in [0.2, 0.25) is 5.95 Å². The number of nitrogens with two attached hydrogens (primary N) is 1. The van der Waals surface area contributed by atoms with Gasteiger partial charge in [-0.1, -0.05) is 22.9 Å². The van der Waals surface area contributed by atoms with E-state index in [0.29, 0.717) is 11.6 Å². The van der Waals surface area contributed by atoms with Crippen LogP contribution in [0.15, 0.2) is 35.6 Å². The summed E-state index contributed by atoms with van der Waals surface area (Å²) in [6, 6.07) is 8.02. The van der Waals surface area contributed by atoms with Gasteiger partial charge >= 0.3 is 0 Å². The largest absolute Gasteiger partial charge is 0.409 e. The molecule has 3 rings (SSSR count). The summed E-state index contributed by atoms with van der Waals surface area (Å²) in [7, 11) is 0. The second-order valence-corrected chi connectivity index (χ2v) is 5.11. The highest BCUT2D eigenvalue weighted by Gasteiger charge is 2.20. The maximum atomic E-state index is 8.77. The van der Waals surface area contributed by atoms with Gasteiger partial charge in [-0.05, 0) is 37.5 Å². The first kappa shape index (κ1) is 13.4. The van der Waals surface area contributed by atoms with Gasteiger partial charge in [-0.3, -0.25) is 0 Å². The van der Waals surface area contributed by atoms with Crippen molar-refractivity contribution in [2.75, 3.05) is 11.4 Å². The number of rotatable bonds is 2. The van der Waals surface area contributed by atoms with Crippen molar-refractivity contribution in [3.63, 3.8) is 0 Å². The molecule has 0 radical (unpaired) electrons. The van der Waals surface area contributed by atoms with Gasteiger partial charge in [-0.15, -0.1) is 0 Å². The van der Waals surface area contributed by atoms with E-state index in [1.807, 2.05) is 0 Å². The van der Waals surface area contributed by atoms with E-state index in [1.54, 1.807) is 12.3 Å². The van der Waals surface area contributed by atoms with Crippen molar-refractivity contribution >= 4 is 17.5 Å². The number of fused-ring (bicyclic) bond motifs is 1. The highest BCUT2D eigenvalue weighted by molar-refractivity contribution is 5.95. The fourth-order valence-electron chi connectivity index (χ4n) is 2.61. The molecular formula is C15H17N5O. The zero-order valence-corrected chi connectivity index (χ0v) is 11.8. The van der Waals surface area contributed by atoms with E-state index >= 15 is 0 Å². The number of oxime groups is 1. The summed E-state index contributed by atoms with van der Waals surface area (Å²) in [5.41, 5.74) is 9.70. The van der Waals surface area contributed by atoms with Crippen molar-refractivity contribution in [2.24, 2.45) is 10.9 Å². The summed E-state index contributed by atoms with van der Waals surface area (Å²) in [5, 5.41) is 11.8. The maximum Gasteiger partial charge on any atom is 0.230 e. The van der Waals surface area contributed by atoms with Crippen LogP contribution in [-0.2, 0) is 6.42 Å². The molecule has 0 bridgehead atoms. The summed E-state index contributed by atoms with van der Waals surface area (Å²) in [5.74, 6) is 0.559. The molecule has 0 fully saturated rings. The Balaban J connectivity index is 2.03. The molecule has 0 unspecified atom stereocenters. The van der Waals surface area contributed by atoms with Crippen molar-refractivity contribution in [1.29, 1.82) is 0 Å². The second kappa shape index (κ2) is 5.40. The van der Waals surface area contributed by atoms with Crippen LogP contribution in [0.1, 0.15) is 23.2 Å². The first-order valence-corrected chi connectivity index (χ1v) is 6.87. The minimum absolute atomic E-state index is 0.0141. The highest BCUT2D eigenvalue weighted by Crippen LogP contribution is 2.32. The molecule has 0 saturated carbocycles. The number of nitrogens with zero attached hydrogens (tertiary/aromatic N) is 4. The average Bonchev–Trinajstić information content (AvgIpc) is 2.53. The number of amidine groups is 1. The Morgan fingerprint density at radius 3 is 3.05 bits per heavy atom. The SMILES string of the molecule is Cc1ccc2c(c1)CCCN2c1nccc(/C(N)=N/O)n1. The van der Waals surface area contributed by atoms with E-state index in [0.717, 1.165) is 25.1 Å². The molecule has 0 atom stereocenters. The molecule has 1 aromatic carbocycles. The summed E-state index contributed by atoms with van der Waals surface area (Å²) in [4.78, 5) is 10.8. The number of anilines is 2. The lowest BCUT2D eigenvalue weighted by atomic mass is 10.00. The van der Waals surface area contributed by atoms with Crippen LogP contribution >= 0.6 is 0 Å². The summed E-state index contributed by atoms with van der Waals surface area (Å²) < 4.78 is 0. The monoisotopic (exact) mass is 283 g/mol. The van der Waals surface area contributed by atoms with E-state index < -0.39 is 0 Å². The molecule has 6 nitrogen and oxygen atoms in total. The van der Waals surface area contributed by atoms with Gasteiger partial charge in [0.15, 0.2) is 5.84 Å². The van der Waals surface area contributed by atoms with Crippen molar-refractivity contribution in [1.82, 2.24) is 9.97 Å². The van der Waals surface area contributed by atoms with Gasteiger partial charge in [0, 0.05) is 18.4 Å². The first-order chi connectivity index (χ1) is 10.2. The molecule has 2 aromatic rings. The van der Waals surface area contributed by atoms with E-state index in [9.17, 15) is 0 Å². The third kappa shape index (κ3) is 2.52. The van der Waals surface area contributed by atoms with Gasteiger partial charge < -0.3 is 15.8 Å². The number of aryl methyl sites for hydroxylation is 2. The average molecular weight is 283 g/mol. The number of aromatic nitrogens is 2. The molecule has 3 N–H and O–H groups in total. The Labute approximate surface area is 122 Å². The standard InChI is InChI=1S/C15H17N5O/c1-10-4-5-13-11(9-10)3-2-8-20(13)15-17-7-6-12(18-15)14(16)19-21/h4-7,9,21H,2-3,8H2,1H3,(H2,16,19). The zero-order valence-electron chi connectivity index (χ0n) is 11.8. The number of benzene rings is 1. The topological polar surface area (TPSA) is 87.6 Å². The molecule has 1 aliphatic rings. The van der Waals surface area contributed by atoms with Crippen LogP contribution in [-0.4, -0.2) is 27.6 Å². The Kier molecular flexibility index (Phi) is 3.43. The quantitative estimate of drug-likeness (QED) is 0.381. The predicted molar refractivity (Wildman–Crippen MR) is 81.0 cm³/mol. The molecular weight excluding hydrogens is 266 g/mol. The predicted octanol–water partition coefficient (Wildman–Crippen LogP) is 1.96. The number of hydrogen-bond donors (Lipinski definition) is 2. The van der Waals surface area contributed by atoms with Crippen LogP contribution in [0.4, 0.5) is 11.6 Å². The van der Waals surface area contributed by atoms with Crippen LogP contribution < -0.4 is 10.6 Å². The lowest BCUT2D eigenvalue weighted by Gasteiger charge is -2.29. The molecule has 2 heterocycles. The lowest BCUT2D eigenvalue weighted by molar-refractivity contribution is 0.318. The summed E-state index contributed by atoms with van der Waals surface area (Å²) in [6.07, 6.45) is 3.74. The normalized spacial score (nSPS) is 14.9. The maximum absolute atomic E-state index is 8.77. The Morgan fingerprint density at radius 2 is 2.24 bits per heavy atom. The van der Waals surface area contributed by atoms with Crippen LogP contribution in [0.2, 0.25) is 0 Å². The molecule has 0 spiro atoms. The molecule has 0 aliphatic carbocycles. The Morgan fingerprint density at radius 1 is 1.38 bits per heavy atom. The molecule has 1 aromatic heterocycles. The summed E-state index contributed by atoms with van der Waals surface area (Å²) >= 11 is 0. The highest BCUT2D eigenvalue weighted by atomic mass is 16.4. The van der Waals surface area contributed by atoms with Crippen molar-refractivity contribution < 1.29 is 5.21 Å². The molecule has 21 heavy (non-hydrogen) atoms. The minimum Gasteiger partial charge on any atom is -0.409 e. The van der Waals surface area contributed by atoms with Gasteiger partial charge in [-0.25, -0.2) is 9.97 Å². The van der Waals surface area contributed by atoms with Crippen molar-refractivity contribution in [2.45, 2.75) is 19.8 Å². The van der Waals surface area contributed by atoms with Gasteiger partial charge in [0.1, 0.15) is 5.69 Å². The van der Waals surface area contributed by atoms with Crippen LogP contribution in [0.3, 0.4) is 0 Å². The minimum atomic E-state index is -0.0141. The second-order valence-electron chi connectivity index (χ2n) is 5.11.